The van der Waals surface area contributed by atoms with Crippen LogP contribution in [0, 0.1) is 0 Å². The van der Waals surface area contributed by atoms with Gasteiger partial charge in [0.25, 0.3) is 5.56 Å². The summed E-state index contributed by atoms with van der Waals surface area (Å²) in [6, 6.07) is 10.2. The van der Waals surface area contributed by atoms with Crippen LogP contribution in [0.3, 0.4) is 0 Å². The first-order valence-electron chi connectivity index (χ1n) is 6.71. The van der Waals surface area contributed by atoms with E-state index in [0.29, 0.717) is 37.6 Å². The molecule has 0 bridgehead atoms. The van der Waals surface area contributed by atoms with E-state index in [1.54, 1.807) is 36.4 Å². The number of aromatic amines is 1. The fraction of sp³-hybridized carbons (Fsp3) is 0. The summed E-state index contributed by atoms with van der Waals surface area (Å²) < 4.78 is 5.56. The van der Waals surface area contributed by atoms with Crippen LogP contribution in [0.25, 0.3) is 33.5 Å². The lowest BCUT2D eigenvalue weighted by atomic mass is 9.95. The lowest BCUT2D eigenvalue weighted by Crippen LogP contribution is -2.08. The number of nitrogens with zero attached hydrogens (tertiary/aromatic N) is 1. The summed E-state index contributed by atoms with van der Waals surface area (Å²) >= 11 is 12.4. The van der Waals surface area contributed by atoms with Crippen LogP contribution in [0.15, 0.2) is 45.6 Å². The van der Waals surface area contributed by atoms with Crippen molar-refractivity contribution >= 4 is 58.6 Å². The first-order valence-corrected chi connectivity index (χ1v) is 7.46. The highest BCUT2D eigenvalue weighted by molar-refractivity contribution is 6.39. The molecule has 0 spiro atoms. The Morgan fingerprint density at radius 3 is 2.61 bits per heavy atom. The van der Waals surface area contributed by atoms with Crippen molar-refractivity contribution in [2.75, 3.05) is 0 Å². The van der Waals surface area contributed by atoms with Gasteiger partial charge in [-0.05, 0) is 18.2 Å². The first-order chi connectivity index (χ1) is 11.0. The monoisotopic (exact) mass is 340 g/mol. The zero-order valence-electron chi connectivity index (χ0n) is 11.6. The van der Waals surface area contributed by atoms with Gasteiger partial charge in [0.1, 0.15) is 24.8 Å². The van der Waals surface area contributed by atoms with E-state index < -0.39 is 5.56 Å². The molecule has 0 aliphatic carbocycles. The Kier molecular flexibility index (Phi) is 3.22. The average Bonchev–Trinajstić information content (AvgIpc) is 2.86. The van der Waals surface area contributed by atoms with E-state index in [1.165, 1.54) is 0 Å². The van der Waals surface area contributed by atoms with Crippen LogP contribution >= 0.6 is 23.2 Å². The average molecular weight is 341 g/mol. The van der Waals surface area contributed by atoms with Crippen LogP contribution in [0.1, 0.15) is 0 Å². The number of H-pyrrole nitrogens is 1. The molecule has 2 radical (unpaired) electrons. The lowest BCUT2D eigenvalue weighted by molar-refractivity contribution is 0.661. The largest absolute Gasteiger partial charge is 0.449 e. The van der Waals surface area contributed by atoms with Gasteiger partial charge in [0, 0.05) is 5.39 Å². The third kappa shape index (κ3) is 2.24. The van der Waals surface area contributed by atoms with Crippen LogP contribution in [0.4, 0.5) is 0 Å². The molecule has 0 fully saturated rings. The van der Waals surface area contributed by atoms with Gasteiger partial charge in [-0.25, -0.2) is 4.98 Å². The molecule has 0 amide bonds. The summed E-state index contributed by atoms with van der Waals surface area (Å²) in [4.78, 5) is 19.5. The second kappa shape index (κ2) is 5.15. The Morgan fingerprint density at radius 2 is 1.87 bits per heavy atom. The normalized spacial score (nSPS) is 11.4. The minimum absolute atomic E-state index is 0.137. The molecule has 0 saturated heterocycles. The maximum atomic E-state index is 12.3. The Balaban J connectivity index is 2.12. The molecule has 110 valence electrons. The number of halogens is 2. The van der Waals surface area contributed by atoms with Gasteiger partial charge in [-0.1, -0.05) is 46.9 Å². The molecule has 2 aromatic heterocycles. The van der Waals surface area contributed by atoms with E-state index in [1.807, 2.05) is 0 Å². The molecule has 4 nitrogen and oxygen atoms in total. The second-order valence-electron chi connectivity index (χ2n) is 5.05. The zero-order valence-corrected chi connectivity index (χ0v) is 13.1. The molecule has 0 atom stereocenters. The maximum absolute atomic E-state index is 12.3. The maximum Gasteiger partial charge on any atom is 0.294 e. The molecule has 4 aromatic rings. The lowest BCUT2D eigenvalue weighted by Gasteiger charge is -2.05. The predicted molar refractivity (Wildman–Crippen MR) is 93.0 cm³/mol. The van der Waals surface area contributed by atoms with Crippen molar-refractivity contribution in [3.8, 4) is 11.4 Å². The van der Waals surface area contributed by atoms with Crippen molar-refractivity contribution in [1.29, 1.82) is 0 Å². The van der Waals surface area contributed by atoms with Crippen molar-refractivity contribution in [3.63, 3.8) is 0 Å². The second-order valence-corrected chi connectivity index (χ2v) is 5.86. The van der Waals surface area contributed by atoms with Crippen molar-refractivity contribution < 1.29 is 4.42 Å². The Hall–Kier alpha value is -2.24. The van der Waals surface area contributed by atoms with Crippen LogP contribution in [0.5, 0.6) is 0 Å². The van der Waals surface area contributed by atoms with Gasteiger partial charge in [-0.3, -0.25) is 4.79 Å². The number of benzene rings is 2. The highest BCUT2D eigenvalue weighted by Gasteiger charge is 2.17. The topological polar surface area (TPSA) is 58.9 Å². The summed E-state index contributed by atoms with van der Waals surface area (Å²) in [5, 5.41) is 1.45. The van der Waals surface area contributed by atoms with Crippen LogP contribution in [-0.2, 0) is 0 Å². The number of hydrogen-bond donors (Lipinski definition) is 1. The summed E-state index contributed by atoms with van der Waals surface area (Å²) in [6.07, 6.45) is 0. The van der Waals surface area contributed by atoms with E-state index in [-0.39, 0.29) is 11.4 Å². The number of hydrogen-bond acceptors (Lipinski definition) is 3. The van der Waals surface area contributed by atoms with Crippen molar-refractivity contribution in [1.82, 2.24) is 9.97 Å². The Morgan fingerprint density at radius 1 is 1.13 bits per heavy atom. The van der Waals surface area contributed by atoms with E-state index in [9.17, 15) is 4.79 Å². The van der Waals surface area contributed by atoms with E-state index in [4.69, 9.17) is 35.5 Å². The van der Waals surface area contributed by atoms with E-state index >= 15 is 0 Å². The molecule has 0 saturated carbocycles. The van der Waals surface area contributed by atoms with Crippen LogP contribution < -0.4 is 11.0 Å². The molecule has 1 N–H and O–H groups in total. The molecule has 4 rings (SSSR count). The predicted octanol–water partition coefficient (Wildman–Crippen LogP) is 3.44. The molecule has 0 aliphatic heterocycles. The number of furan rings is 1. The Bertz CT molecular complexity index is 1110. The van der Waals surface area contributed by atoms with Gasteiger partial charge in [0.15, 0.2) is 0 Å². The van der Waals surface area contributed by atoms with Gasteiger partial charge in [0.05, 0.1) is 15.6 Å². The minimum Gasteiger partial charge on any atom is -0.449 e. The third-order valence-corrected chi connectivity index (χ3v) is 4.18. The molecule has 0 aliphatic rings. The fourth-order valence-corrected chi connectivity index (χ4v) is 3.09. The smallest absolute Gasteiger partial charge is 0.294 e. The summed E-state index contributed by atoms with van der Waals surface area (Å²) in [5.74, 6) is 0.281. The first kappa shape index (κ1) is 14.4. The van der Waals surface area contributed by atoms with Crippen molar-refractivity contribution in [2.45, 2.75) is 0 Å². The summed E-state index contributed by atoms with van der Waals surface area (Å²) in [6.45, 7) is 0. The van der Waals surface area contributed by atoms with Gasteiger partial charge < -0.3 is 9.40 Å². The molecule has 7 heteroatoms. The molecular weight excluding hydrogens is 334 g/mol. The third-order valence-electron chi connectivity index (χ3n) is 3.55. The van der Waals surface area contributed by atoms with E-state index in [0.717, 1.165) is 0 Å². The number of aromatic nitrogens is 2. The van der Waals surface area contributed by atoms with Crippen molar-refractivity contribution in [3.05, 3.63) is 56.8 Å². The standard InChI is InChI=1S/C16H7BCl2N2O2/c17-7-4-5-11-8(6-7)13-14(23-11)16(22)21-15(20-13)12-9(18)2-1-3-10(12)19/h1-6H,(H,20,21,22). The SMILES string of the molecule is [B]c1ccc2oc3c(=O)[nH]c(-c4c(Cl)cccc4Cl)nc3c2c1. The zero-order chi connectivity index (χ0) is 16.1. The van der Waals surface area contributed by atoms with Gasteiger partial charge in [0.2, 0.25) is 5.58 Å². The molecule has 2 aromatic carbocycles. The number of rotatable bonds is 1. The highest BCUT2D eigenvalue weighted by atomic mass is 35.5. The molecular formula is C16H7BCl2N2O2. The van der Waals surface area contributed by atoms with Crippen LogP contribution in [0.2, 0.25) is 10.0 Å². The van der Waals surface area contributed by atoms with Gasteiger partial charge in [-0.2, -0.15) is 0 Å². The van der Waals surface area contributed by atoms with Crippen LogP contribution in [-0.4, -0.2) is 17.8 Å². The summed E-state index contributed by atoms with van der Waals surface area (Å²) in [5.41, 5.74) is 1.71. The molecule has 2 heterocycles. The van der Waals surface area contributed by atoms with Crippen molar-refractivity contribution in [2.24, 2.45) is 0 Å². The Labute approximate surface area is 141 Å². The van der Waals surface area contributed by atoms with Gasteiger partial charge in [-0.15, -0.1) is 0 Å². The number of nitrogens with one attached hydrogen (secondary N) is 1. The number of fused-ring (bicyclic) bond motifs is 3. The highest BCUT2D eigenvalue weighted by Crippen LogP contribution is 2.33. The van der Waals surface area contributed by atoms with E-state index in [2.05, 4.69) is 9.97 Å². The quantitative estimate of drug-likeness (QED) is 0.540. The minimum atomic E-state index is -0.407. The summed E-state index contributed by atoms with van der Waals surface area (Å²) in [7, 11) is 5.81. The molecule has 0 unspecified atom stereocenters. The molecule has 23 heavy (non-hydrogen) atoms. The fourth-order valence-electron chi connectivity index (χ4n) is 2.51. The van der Waals surface area contributed by atoms with Gasteiger partial charge >= 0.3 is 0 Å².